The molecule has 41 heavy (non-hydrogen) atoms. The van der Waals surface area contributed by atoms with E-state index in [0.717, 1.165) is 17.5 Å². The summed E-state index contributed by atoms with van der Waals surface area (Å²) >= 11 is 1.20. The maximum Gasteiger partial charge on any atom is 0.301 e. The Morgan fingerprint density at radius 1 is 1.05 bits per heavy atom. The number of aromatic nitrogens is 1. The lowest BCUT2D eigenvalue weighted by molar-refractivity contribution is -0.384. The van der Waals surface area contributed by atoms with Crippen molar-refractivity contribution < 1.29 is 29.1 Å². The van der Waals surface area contributed by atoms with Crippen LogP contribution in [0, 0.1) is 10.1 Å². The third-order valence-electron chi connectivity index (χ3n) is 6.60. The van der Waals surface area contributed by atoms with Crippen molar-refractivity contribution in [3.63, 3.8) is 0 Å². The fraction of sp³-hybridized carbons (Fsp3) is 0.233. The highest BCUT2D eigenvalue weighted by Crippen LogP contribution is 2.45. The third kappa shape index (κ3) is 5.48. The number of thiazole rings is 1. The molecule has 10 nitrogen and oxygen atoms in total. The molecule has 4 aromatic rings. The number of nitro groups is 1. The number of non-ortho nitro benzene ring substituents is 1. The van der Waals surface area contributed by atoms with E-state index >= 15 is 0 Å². The maximum atomic E-state index is 13.5. The zero-order chi connectivity index (χ0) is 29.1. The average Bonchev–Trinajstić information content (AvgIpc) is 3.50. The Labute approximate surface area is 239 Å². The molecule has 1 aliphatic heterocycles. The van der Waals surface area contributed by atoms with Crippen LogP contribution in [0.2, 0.25) is 0 Å². The smallest absolute Gasteiger partial charge is 0.301 e. The molecule has 0 aliphatic carbocycles. The number of Topliss-reactive ketones (excluding diaryl/α,β-unsaturated/α-hetero) is 1. The van der Waals surface area contributed by atoms with Crippen molar-refractivity contribution >= 4 is 49.8 Å². The lowest BCUT2D eigenvalue weighted by Crippen LogP contribution is -2.29. The Hall–Kier alpha value is -4.77. The first-order chi connectivity index (χ1) is 19.8. The first kappa shape index (κ1) is 27.8. The van der Waals surface area contributed by atoms with Gasteiger partial charge in [-0.2, -0.15) is 0 Å². The molecule has 0 saturated carbocycles. The van der Waals surface area contributed by atoms with Gasteiger partial charge in [0.05, 0.1) is 40.0 Å². The highest BCUT2D eigenvalue weighted by molar-refractivity contribution is 7.22. The summed E-state index contributed by atoms with van der Waals surface area (Å²) in [5.41, 5.74) is 1.01. The van der Waals surface area contributed by atoms with Crippen LogP contribution >= 0.6 is 11.3 Å². The molecule has 210 valence electrons. The fourth-order valence-electron chi connectivity index (χ4n) is 4.60. The van der Waals surface area contributed by atoms with Gasteiger partial charge in [0.15, 0.2) is 5.13 Å². The van der Waals surface area contributed by atoms with Crippen molar-refractivity contribution in [2.75, 3.05) is 18.1 Å². The quantitative estimate of drug-likeness (QED) is 0.0575. The van der Waals surface area contributed by atoms with Crippen LogP contribution < -0.4 is 14.4 Å². The first-order valence-corrected chi connectivity index (χ1v) is 14.0. The van der Waals surface area contributed by atoms with Gasteiger partial charge in [-0.3, -0.25) is 24.6 Å². The second-order valence-corrected chi connectivity index (χ2v) is 10.3. The molecule has 1 N–H and O–H groups in total. The number of amides is 1. The number of nitrogens with zero attached hydrogens (tertiary/aromatic N) is 3. The predicted octanol–water partition coefficient (Wildman–Crippen LogP) is 6.41. The van der Waals surface area contributed by atoms with Gasteiger partial charge in [-0.05, 0) is 61.4 Å². The lowest BCUT2D eigenvalue weighted by Gasteiger charge is -2.23. The van der Waals surface area contributed by atoms with Crippen LogP contribution in [-0.2, 0) is 9.59 Å². The normalized spacial score (nSPS) is 16.3. The predicted molar refractivity (Wildman–Crippen MR) is 156 cm³/mol. The van der Waals surface area contributed by atoms with E-state index in [2.05, 4.69) is 4.98 Å². The van der Waals surface area contributed by atoms with Gasteiger partial charge in [0.2, 0.25) is 0 Å². The second-order valence-electron chi connectivity index (χ2n) is 9.31. The van der Waals surface area contributed by atoms with E-state index in [4.69, 9.17) is 9.47 Å². The third-order valence-corrected chi connectivity index (χ3v) is 7.62. The molecule has 0 bridgehead atoms. The van der Waals surface area contributed by atoms with Gasteiger partial charge in [-0.1, -0.05) is 36.8 Å². The first-order valence-electron chi connectivity index (χ1n) is 13.1. The number of hydrogen-bond donors (Lipinski definition) is 1. The SMILES string of the molecule is CCCCOc1cccc(/C(O)=C2\C(=O)C(=O)N(c3nc4ccc(OCC)cc4s3)C2c2ccc([N+](=O)[O-])cc2)c1. The Morgan fingerprint density at radius 3 is 2.51 bits per heavy atom. The molecule has 0 radical (unpaired) electrons. The molecule has 5 rings (SSSR count). The number of fused-ring (bicyclic) bond motifs is 1. The number of ether oxygens (including phenoxy) is 2. The van der Waals surface area contributed by atoms with E-state index in [0.29, 0.717) is 41.4 Å². The minimum atomic E-state index is -1.08. The molecular formula is C30H27N3O7S. The highest BCUT2D eigenvalue weighted by Gasteiger charge is 2.48. The van der Waals surface area contributed by atoms with Crippen LogP contribution in [0.4, 0.5) is 10.8 Å². The van der Waals surface area contributed by atoms with Crippen molar-refractivity contribution in [3.05, 3.63) is 93.5 Å². The molecule has 1 aromatic heterocycles. The number of ketones is 1. The molecule has 1 atom stereocenters. The topological polar surface area (TPSA) is 132 Å². The fourth-order valence-corrected chi connectivity index (χ4v) is 5.62. The summed E-state index contributed by atoms with van der Waals surface area (Å²) < 4.78 is 12.1. The summed E-state index contributed by atoms with van der Waals surface area (Å²) in [6.07, 6.45) is 1.81. The molecule has 0 spiro atoms. The summed E-state index contributed by atoms with van der Waals surface area (Å²) in [5, 5.41) is 23.0. The largest absolute Gasteiger partial charge is 0.507 e. The molecule has 1 unspecified atom stereocenters. The van der Waals surface area contributed by atoms with Gasteiger partial charge in [0.1, 0.15) is 17.3 Å². The molecule has 1 fully saturated rings. The van der Waals surface area contributed by atoms with E-state index in [1.807, 2.05) is 19.9 Å². The van der Waals surface area contributed by atoms with Crippen LogP contribution in [-0.4, -0.2) is 39.9 Å². The van der Waals surface area contributed by atoms with Gasteiger partial charge in [-0.15, -0.1) is 0 Å². The number of nitro benzene ring substituents is 1. The Bertz CT molecular complexity index is 1660. The van der Waals surface area contributed by atoms with E-state index in [1.165, 1.54) is 40.5 Å². The summed E-state index contributed by atoms with van der Waals surface area (Å²) in [5.74, 6) is -0.980. The number of rotatable bonds is 10. The van der Waals surface area contributed by atoms with Gasteiger partial charge < -0.3 is 14.6 Å². The monoisotopic (exact) mass is 573 g/mol. The zero-order valence-electron chi connectivity index (χ0n) is 22.4. The maximum absolute atomic E-state index is 13.5. The second kappa shape index (κ2) is 11.8. The average molecular weight is 574 g/mol. The van der Waals surface area contributed by atoms with Crippen LogP contribution in [0.1, 0.15) is 43.9 Å². The minimum absolute atomic E-state index is 0.147. The zero-order valence-corrected chi connectivity index (χ0v) is 23.2. The molecule has 11 heteroatoms. The summed E-state index contributed by atoms with van der Waals surface area (Å²) in [4.78, 5) is 43.7. The molecule has 3 aromatic carbocycles. The standard InChI is InChI=1S/C30H27N3O7S/c1-3-5-15-40-21-8-6-7-19(16-21)27(34)25-26(18-9-11-20(12-10-18)33(37)38)32(29(36)28(25)35)30-31-23-14-13-22(39-4-2)17-24(23)41-30/h6-14,16-17,26,34H,3-5,15H2,1-2H3/b27-25+. The number of anilines is 1. The van der Waals surface area contributed by atoms with Gasteiger partial charge >= 0.3 is 5.91 Å². The lowest BCUT2D eigenvalue weighted by atomic mass is 9.95. The van der Waals surface area contributed by atoms with Crippen LogP contribution in [0.5, 0.6) is 11.5 Å². The number of unbranched alkanes of at least 4 members (excludes halogenated alkanes) is 1. The Balaban J connectivity index is 1.64. The van der Waals surface area contributed by atoms with Crippen molar-refractivity contribution in [2.24, 2.45) is 0 Å². The summed E-state index contributed by atoms with van der Waals surface area (Å²) in [6, 6.07) is 16.5. The summed E-state index contributed by atoms with van der Waals surface area (Å²) in [6.45, 7) is 4.90. The number of aliphatic hydroxyl groups excluding tert-OH is 1. The van der Waals surface area contributed by atoms with Crippen molar-refractivity contribution in [2.45, 2.75) is 32.7 Å². The Morgan fingerprint density at radius 2 is 1.80 bits per heavy atom. The number of benzene rings is 3. The van der Waals surface area contributed by atoms with Crippen LogP contribution in [0.15, 0.2) is 72.3 Å². The number of carbonyl (C=O) groups is 2. The molecule has 1 saturated heterocycles. The molecule has 1 aliphatic rings. The van der Waals surface area contributed by atoms with Crippen molar-refractivity contribution in [1.82, 2.24) is 4.98 Å². The van der Waals surface area contributed by atoms with E-state index in [-0.39, 0.29) is 22.2 Å². The van der Waals surface area contributed by atoms with Gasteiger partial charge in [-0.25, -0.2) is 4.98 Å². The summed E-state index contributed by atoms with van der Waals surface area (Å²) in [7, 11) is 0. The van der Waals surface area contributed by atoms with Gasteiger partial charge in [0.25, 0.3) is 11.5 Å². The number of carbonyl (C=O) groups excluding carboxylic acids is 2. The molecule has 1 amide bonds. The molecular weight excluding hydrogens is 546 g/mol. The van der Waals surface area contributed by atoms with E-state index in [1.54, 1.807) is 36.4 Å². The van der Waals surface area contributed by atoms with Crippen molar-refractivity contribution in [1.29, 1.82) is 0 Å². The van der Waals surface area contributed by atoms with Crippen LogP contribution in [0.25, 0.3) is 16.0 Å². The number of hydrogen-bond acceptors (Lipinski definition) is 9. The van der Waals surface area contributed by atoms with E-state index in [9.17, 15) is 24.8 Å². The molecule has 2 heterocycles. The van der Waals surface area contributed by atoms with Crippen LogP contribution in [0.3, 0.4) is 0 Å². The highest BCUT2D eigenvalue weighted by atomic mass is 32.1. The van der Waals surface area contributed by atoms with Crippen molar-refractivity contribution in [3.8, 4) is 11.5 Å². The minimum Gasteiger partial charge on any atom is -0.507 e. The Kier molecular flexibility index (Phi) is 7.97. The van der Waals surface area contributed by atoms with Gasteiger partial charge in [0, 0.05) is 17.7 Å². The number of aliphatic hydroxyl groups is 1. The van der Waals surface area contributed by atoms with E-state index < -0.39 is 22.7 Å².